The van der Waals surface area contributed by atoms with Crippen molar-refractivity contribution in [3.05, 3.63) is 0 Å². The first kappa shape index (κ1) is 18.1. The Morgan fingerprint density at radius 2 is 1.73 bits per heavy atom. The fraction of sp³-hybridized carbons (Fsp3) is 0.733. The maximum atomic E-state index is 11.8. The Kier molecular flexibility index (Phi) is 7.56. The smallest absolute Gasteiger partial charge is 0.321 e. The predicted molar refractivity (Wildman–Crippen MR) is 79.0 cm³/mol. The zero-order valence-corrected chi connectivity index (χ0v) is 13.1. The Labute approximate surface area is 130 Å². The maximum Gasteiger partial charge on any atom is 0.321 e. The van der Waals surface area contributed by atoms with Crippen LogP contribution in [0.1, 0.15) is 58.8 Å². The molecule has 1 atom stereocenters. The van der Waals surface area contributed by atoms with Crippen LogP contribution in [-0.2, 0) is 19.1 Å². The summed E-state index contributed by atoms with van der Waals surface area (Å²) in [6.45, 7) is 2.76. The molecule has 22 heavy (non-hydrogen) atoms. The van der Waals surface area contributed by atoms with E-state index in [0.29, 0.717) is 0 Å². The molecular weight excluding hydrogens is 288 g/mol. The van der Waals surface area contributed by atoms with E-state index >= 15 is 0 Å². The summed E-state index contributed by atoms with van der Waals surface area (Å²) in [6.07, 6.45) is 4.08. The number of amides is 3. The quantitative estimate of drug-likeness (QED) is 0.723. The van der Waals surface area contributed by atoms with Crippen LogP contribution in [0.15, 0.2) is 0 Å². The fourth-order valence-corrected chi connectivity index (χ4v) is 2.27. The van der Waals surface area contributed by atoms with E-state index in [1.54, 1.807) is 0 Å². The molecule has 124 valence electrons. The number of esters is 1. The van der Waals surface area contributed by atoms with Gasteiger partial charge in [-0.15, -0.1) is 0 Å². The van der Waals surface area contributed by atoms with Crippen LogP contribution in [0.5, 0.6) is 0 Å². The van der Waals surface area contributed by atoms with E-state index < -0.39 is 24.0 Å². The molecule has 0 unspecified atom stereocenters. The van der Waals surface area contributed by atoms with E-state index in [0.717, 1.165) is 25.7 Å². The Hall–Kier alpha value is -1.92. The average molecular weight is 312 g/mol. The van der Waals surface area contributed by atoms with E-state index in [-0.39, 0.29) is 24.7 Å². The zero-order valence-electron chi connectivity index (χ0n) is 13.1. The number of ether oxygens (including phenoxy) is 1. The molecule has 2 N–H and O–H groups in total. The van der Waals surface area contributed by atoms with Crippen molar-refractivity contribution in [3.63, 3.8) is 0 Å². The van der Waals surface area contributed by atoms with E-state index in [4.69, 9.17) is 4.74 Å². The number of carbonyl (C=O) groups is 4. The zero-order chi connectivity index (χ0) is 16.5. The van der Waals surface area contributed by atoms with Crippen molar-refractivity contribution < 1.29 is 23.9 Å². The summed E-state index contributed by atoms with van der Waals surface area (Å²) in [4.78, 5) is 45.6. The molecule has 0 radical (unpaired) electrons. The molecule has 0 heterocycles. The highest BCUT2D eigenvalue weighted by molar-refractivity contribution is 5.97. The van der Waals surface area contributed by atoms with Crippen molar-refractivity contribution in [3.8, 4) is 0 Å². The van der Waals surface area contributed by atoms with Crippen LogP contribution in [0.25, 0.3) is 0 Å². The van der Waals surface area contributed by atoms with Gasteiger partial charge in [-0.1, -0.05) is 19.3 Å². The van der Waals surface area contributed by atoms with Crippen molar-refractivity contribution in [2.45, 2.75) is 70.9 Å². The van der Waals surface area contributed by atoms with Crippen molar-refractivity contribution >= 4 is 23.7 Å². The number of hydrogen-bond donors (Lipinski definition) is 2. The molecule has 0 spiro atoms. The number of ketones is 1. The largest absolute Gasteiger partial charge is 0.453 e. The van der Waals surface area contributed by atoms with Gasteiger partial charge in [0.2, 0.25) is 0 Å². The molecular formula is C15H24N2O5. The van der Waals surface area contributed by atoms with Crippen LogP contribution in [-0.4, -0.2) is 35.8 Å². The topological polar surface area (TPSA) is 102 Å². The third-order valence-electron chi connectivity index (χ3n) is 3.54. The van der Waals surface area contributed by atoms with Gasteiger partial charge >= 0.3 is 12.0 Å². The van der Waals surface area contributed by atoms with Crippen LogP contribution >= 0.6 is 0 Å². The minimum atomic E-state index is -1.07. The molecule has 7 nitrogen and oxygen atoms in total. The van der Waals surface area contributed by atoms with Gasteiger partial charge in [0, 0.05) is 12.5 Å². The summed E-state index contributed by atoms with van der Waals surface area (Å²) in [5.41, 5.74) is 0. The van der Waals surface area contributed by atoms with Gasteiger partial charge in [0.1, 0.15) is 5.78 Å². The van der Waals surface area contributed by atoms with E-state index in [1.807, 2.05) is 0 Å². The minimum absolute atomic E-state index is 0.0682. The Bertz CT molecular complexity index is 430. The second-order valence-electron chi connectivity index (χ2n) is 5.63. The molecule has 0 aromatic carbocycles. The number of Topliss-reactive ketones (excluding diaryl/α,β-unsaturated/α-hetero) is 1. The Balaban J connectivity index is 2.28. The lowest BCUT2D eigenvalue weighted by molar-refractivity contribution is -0.154. The number of rotatable bonds is 6. The summed E-state index contributed by atoms with van der Waals surface area (Å²) < 4.78 is 4.87. The summed E-state index contributed by atoms with van der Waals surface area (Å²) in [7, 11) is 0. The highest BCUT2D eigenvalue weighted by Crippen LogP contribution is 2.17. The molecule has 1 rings (SSSR count). The average Bonchev–Trinajstić information content (AvgIpc) is 2.45. The normalized spacial score (nSPS) is 16.5. The number of hydrogen-bond acceptors (Lipinski definition) is 5. The number of urea groups is 1. The van der Waals surface area contributed by atoms with Crippen molar-refractivity contribution in [1.29, 1.82) is 0 Å². The first-order valence-corrected chi connectivity index (χ1v) is 7.68. The summed E-state index contributed by atoms with van der Waals surface area (Å²) in [6, 6.07) is -0.474. The van der Waals surface area contributed by atoms with Gasteiger partial charge in [-0.2, -0.15) is 0 Å². The van der Waals surface area contributed by atoms with E-state index in [9.17, 15) is 19.2 Å². The molecule has 3 amide bonds. The summed E-state index contributed by atoms with van der Waals surface area (Å²) in [5, 5.41) is 4.91. The number of carbonyl (C=O) groups excluding carboxylic acids is 4. The maximum absolute atomic E-state index is 11.8. The Morgan fingerprint density at radius 3 is 2.32 bits per heavy atom. The molecule has 0 aromatic rings. The lowest BCUT2D eigenvalue weighted by atomic mass is 9.96. The van der Waals surface area contributed by atoms with Gasteiger partial charge in [0.15, 0.2) is 6.10 Å². The van der Waals surface area contributed by atoms with E-state index in [2.05, 4.69) is 10.6 Å². The standard InChI is InChI=1S/C15H24N2O5/c1-10(18)8-9-13(19)22-11(2)14(20)17-15(21)16-12-6-4-3-5-7-12/h11-12H,3-9H2,1-2H3,(H2,16,17,20,21)/t11-/m0/s1. The van der Waals surface area contributed by atoms with Crippen LogP contribution in [0.4, 0.5) is 4.79 Å². The van der Waals surface area contributed by atoms with E-state index in [1.165, 1.54) is 20.3 Å². The highest BCUT2D eigenvalue weighted by atomic mass is 16.5. The molecule has 0 saturated heterocycles. The lowest BCUT2D eigenvalue weighted by Gasteiger charge is -2.23. The molecule has 1 fully saturated rings. The molecule has 7 heteroatoms. The van der Waals surface area contributed by atoms with Gasteiger partial charge in [-0.3, -0.25) is 14.9 Å². The summed E-state index contributed by atoms with van der Waals surface area (Å²) >= 11 is 0. The summed E-state index contributed by atoms with van der Waals surface area (Å²) in [5.74, 6) is -1.43. The third kappa shape index (κ3) is 7.19. The molecule has 1 aliphatic carbocycles. The molecule has 1 aliphatic rings. The molecule has 0 aliphatic heterocycles. The molecule has 0 bridgehead atoms. The second kappa shape index (κ2) is 9.17. The SMILES string of the molecule is CC(=O)CCC(=O)O[C@@H](C)C(=O)NC(=O)NC1CCCCC1. The first-order chi connectivity index (χ1) is 10.4. The number of nitrogens with one attached hydrogen (secondary N) is 2. The van der Waals surface area contributed by atoms with Crippen molar-refractivity contribution in [2.75, 3.05) is 0 Å². The van der Waals surface area contributed by atoms with Crippen molar-refractivity contribution in [2.24, 2.45) is 0 Å². The monoisotopic (exact) mass is 312 g/mol. The third-order valence-corrected chi connectivity index (χ3v) is 3.54. The van der Waals surface area contributed by atoms with Crippen LogP contribution in [0.2, 0.25) is 0 Å². The fourth-order valence-electron chi connectivity index (χ4n) is 2.27. The van der Waals surface area contributed by atoms with Gasteiger partial charge in [0.25, 0.3) is 5.91 Å². The predicted octanol–water partition coefficient (Wildman–Crippen LogP) is 1.45. The second-order valence-corrected chi connectivity index (χ2v) is 5.63. The Morgan fingerprint density at radius 1 is 1.09 bits per heavy atom. The van der Waals surface area contributed by atoms with Gasteiger partial charge in [-0.05, 0) is 26.7 Å². The van der Waals surface area contributed by atoms with Gasteiger partial charge in [-0.25, -0.2) is 4.79 Å². The van der Waals surface area contributed by atoms with Gasteiger partial charge < -0.3 is 14.8 Å². The van der Waals surface area contributed by atoms with Crippen LogP contribution in [0.3, 0.4) is 0 Å². The lowest BCUT2D eigenvalue weighted by Crippen LogP contribution is -2.48. The van der Waals surface area contributed by atoms with Gasteiger partial charge in [0.05, 0.1) is 6.42 Å². The highest BCUT2D eigenvalue weighted by Gasteiger charge is 2.22. The minimum Gasteiger partial charge on any atom is -0.453 e. The van der Waals surface area contributed by atoms with Crippen molar-refractivity contribution in [1.82, 2.24) is 10.6 Å². The van der Waals surface area contributed by atoms with Crippen LogP contribution in [0, 0.1) is 0 Å². The molecule has 1 saturated carbocycles. The molecule has 0 aromatic heterocycles. The van der Waals surface area contributed by atoms with Crippen LogP contribution < -0.4 is 10.6 Å². The number of imide groups is 1. The first-order valence-electron chi connectivity index (χ1n) is 7.68.